The Hall–Kier alpha value is -2.01. The van der Waals surface area contributed by atoms with E-state index < -0.39 is 0 Å². The zero-order valence-electron chi connectivity index (χ0n) is 11.9. The SMILES string of the molecule is CSc1ccc(OCC(=O)Nc2ccc(C)c(F)c2)cc1. The monoisotopic (exact) mass is 305 g/mol. The van der Waals surface area contributed by atoms with E-state index in [2.05, 4.69) is 5.32 Å². The van der Waals surface area contributed by atoms with Crippen LogP contribution < -0.4 is 10.1 Å². The van der Waals surface area contributed by atoms with E-state index in [0.29, 0.717) is 17.0 Å². The number of carbonyl (C=O) groups excluding carboxylic acids is 1. The van der Waals surface area contributed by atoms with Gasteiger partial charge in [-0.05, 0) is 55.1 Å². The molecule has 0 aromatic heterocycles. The van der Waals surface area contributed by atoms with Gasteiger partial charge in [-0.15, -0.1) is 11.8 Å². The van der Waals surface area contributed by atoms with Gasteiger partial charge in [0.25, 0.3) is 5.91 Å². The Morgan fingerprint density at radius 3 is 2.57 bits per heavy atom. The fraction of sp³-hybridized carbons (Fsp3) is 0.188. The molecule has 0 aliphatic heterocycles. The Morgan fingerprint density at radius 2 is 1.95 bits per heavy atom. The molecule has 0 atom stereocenters. The van der Waals surface area contributed by atoms with Crippen molar-refractivity contribution in [1.29, 1.82) is 0 Å². The molecule has 0 spiro atoms. The maximum absolute atomic E-state index is 13.4. The van der Waals surface area contributed by atoms with Crippen molar-refractivity contribution in [3.05, 3.63) is 53.8 Å². The lowest BCUT2D eigenvalue weighted by molar-refractivity contribution is -0.118. The molecular weight excluding hydrogens is 289 g/mol. The van der Waals surface area contributed by atoms with Crippen LogP contribution in [-0.4, -0.2) is 18.8 Å². The highest BCUT2D eigenvalue weighted by molar-refractivity contribution is 7.98. The Labute approximate surface area is 127 Å². The van der Waals surface area contributed by atoms with Crippen LogP contribution in [0.15, 0.2) is 47.4 Å². The number of anilines is 1. The van der Waals surface area contributed by atoms with Crippen LogP contribution in [0.3, 0.4) is 0 Å². The first-order valence-electron chi connectivity index (χ1n) is 6.41. The summed E-state index contributed by atoms with van der Waals surface area (Å²) in [7, 11) is 0. The smallest absolute Gasteiger partial charge is 0.262 e. The second kappa shape index (κ2) is 7.13. The Bertz CT molecular complexity index is 629. The van der Waals surface area contributed by atoms with E-state index in [1.807, 2.05) is 30.5 Å². The van der Waals surface area contributed by atoms with Gasteiger partial charge in [-0.2, -0.15) is 0 Å². The molecule has 0 radical (unpaired) electrons. The molecule has 5 heteroatoms. The number of rotatable bonds is 5. The molecule has 3 nitrogen and oxygen atoms in total. The maximum atomic E-state index is 13.4. The summed E-state index contributed by atoms with van der Waals surface area (Å²) < 4.78 is 18.7. The highest BCUT2D eigenvalue weighted by Gasteiger charge is 2.05. The summed E-state index contributed by atoms with van der Waals surface area (Å²) in [5.74, 6) is -0.0494. The largest absolute Gasteiger partial charge is 0.484 e. The second-order valence-corrected chi connectivity index (χ2v) is 5.36. The average Bonchev–Trinajstić information content (AvgIpc) is 2.49. The fourth-order valence-electron chi connectivity index (χ4n) is 1.69. The molecule has 1 N–H and O–H groups in total. The molecule has 0 unspecified atom stereocenters. The highest BCUT2D eigenvalue weighted by atomic mass is 32.2. The third-order valence-corrected chi connectivity index (χ3v) is 3.63. The van der Waals surface area contributed by atoms with Gasteiger partial charge in [0.1, 0.15) is 11.6 Å². The minimum absolute atomic E-state index is 0.117. The predicted octanol–water partition coefficient (Wildman–Crippen LogP) is 3.87. The summed E-state index contributed by atoms with van der Waals surface area (Å²) in [5.41, 5.74) is 0.961. The molecule has 1 amide bonds. The average molecular weight is 305 g/mol. The van der Waals surface area contributed by atoms with Gasteiger partial charge in [0.15, 0.2) is 6.61 Å². The molecule has 0 saturated heterocycles. The first-order valence-corrected chi connectivity index (χ1v) is 7.64. The van der Waals surface area contributed by atoms with Crippen LogP contribution in [0.2, 0.25) is 0 Å². The number of thioether (sulfide) groups is 1. The first-order chi connectivity index (χ1) is 10.1. The minimum Gasteiger partial charge on any atom is -0.484 e. The summed E-state index contributed by atoms with van der Waals surface area (Å²) in [6, 6.07) is 12.0. The van der Waals surface area contributed by atoms with Crippen molar-refractivity contribution in [2.24, 2.45) is 0 Å². The van der Waals surface area contributed by atoms with Crippen LogP contribution in [0.5, 0.6) is 5.75 Å². The molecule has 0 heterocycles. The van der Waals surface area contributed by atoms with Gasteiger partial charge >= 0.3 is 0 Å². The number of aryl methyl sites for hydroxylation is 1. The predicted molar refractivity (Wildman–Crippen MR) is 83.5 cm³/mol. The molecule has 110 valence electrons. The molecule has 0 saturated carbocycles. The van der Waals surface area contributed by atoms with E-state index in [1.54, 1.807) is 30.8 Å². The number of amides is 1. The number of halogens is 1. The summed E-state index contributed by atoms with van der Waals surface area (Å²) in [6.45, 7) is 1.55. The van der Waals surface area contributed by atoms with Gasteiger partial charge in [-0.1, -0.05) is 6.07 Å². The number of nitrogens with one attached hydrogen (secondary N) is 1. The number of hydrogen-bond acceptors (Lipinski definition) is 3. The maximum Gasteiger partial charge on any atom is 0.262 e. The Balaban J connectivity index is 1.87. The van der Waals surface area contributed by atoms with E-state index in [-0.39, 0.29) is 18.3 Å². The van der Waals surface area contributed by atoms with Gasteiger partial charge < -0.3 is 10.1 Å². The van der Waals surface area contributed by atoms with Crippen LogP contribution in [0, 0.1) is 12.7 Å². The summed E-state index contributed by atoms with van der Waals surface area (Å²) in [5, 5.41) is 2.59. The number of ether oxygens (including phenoxy) is 1. The van der Waals surface area contributed by atoms with Gasteiger partial charge in [0, 0.05) is 10.6 Å². The van der Waals surface area contributed by atoms with Crippen LogP contribution in [0.25, 0.3) is 0 Å². The van der Waals surface area contributed by atoms with Crippen molar-refractivity contribution in [2.75, 3.05) is 18.2 Å². The van der Waals surface area contributed by atoms with E-state index in [9.17, 15) is 9.18 Å². The molecule has 0 bridgehead atoms. The number of carbonyl (C=O) groups is 1. The molecule has 0 aliphatic carbocycles. The standard InChI is InChI=1S/C16H16FNO2S/c1-11-3-4-12(9-15(11)17)18-16(19)10-20-13-5-7-14(21-2)8-6-13/h3-9H,10H2,1-2H3,(H,18,19). The third-order valence-electron chi connectivity index (χ3n) is 2.88. The van der Waals surface area contributed by atoms with Gasteiger partial charge in [0.2, 0.25) is 0 Å². The third kappa shape index (κ3) is 4.49. The van der Waals surface area contributed by atoms with Gasteiger partial charge in [-0.25, -0.2) is 4.39 Å². The quantitative estimate of drug-likeness (QED) is 0.852. The van der Waals surface area contributed by atoms with Crippen LogP contribution >= 0.6 is 11.8 Å². The van der Waals surface area contributed by atoms with Crippen molar-refractivity contribution in [1.82, 2.24) is 0 Å². The van der Waals surface area contributed by atoms with E-state index in [0.717, 1.165) is 4.90 Å². The molecule has 2 aromatic rings. The van der Waals surface area contributed by atoms with E-state index >= 15 is 0 Å². The minimum atomic E-state index is -0.346. The van der Waals surface area contributed by atoms with Crippen molar-refractivity contribution < 1.29 is 13.9 Å². The molecule has 0 aliphatic rings. The van der Waals surface area contributed by atoms with E-state index in [1.165, 1.54) is 6.07 Å². The van der Waals surface area contributed by atoms with Gasteiger partial charge in [-0.3, -0.25) is 4.79 Å². The van der Waals surface area contributed by atoms with Crippen LogP contribution in [0.1, 0.15) is 5.56 Å². The highest BCUT2D eigenvalue weighted by Crippen LogP contribution is 2.19. The lowest BCUT2D eigenvalue weighted by Gasteiger charge is -2.08. The van der Waals surface area contributed by atoms with E-state index in [4.69, 9.17) is 4.74 Å². The lowest BCUT2D eigenvalue weighted by atomic mass is 10.2. The van der Waals surface area contributed by atoms with Crippen molar-refractivity contribution in [2.45, 2.75) is 11.8 Å². The molecule has 2 aromatic carbocycles. The zero-order valence-corrected chi connectivity index (χ0v) is 12.7. The van der Waals surface area contributed by atoms with Crippen LogP contribution in [-0.2, 0) is 4.79 Å². The van der Waals surface area contributed by atoms with Crippen molar-refractivity contribution >= 4 is 23.4 Å². The van der Waals surface area contributed by atoms with Gasteiger partial charge in [0.05, 0.1) is 0 Å². The summed E-state index contributed by atoms with van der Waals surface area (Å²) in [4.78, 5) is 12.9. The fourth-order valence-corrected chi connectivity index (χ4v) is 2.10. The normalized spacial score (nSPS) is 10.2. The zero-order chi connectivity index (χ0) is 15.2. The summed E-state index contributed by atoms with van der Waals surface area (Å²) >= 11 is 1.64. The van der Waals surface area contributed by atoms with Crippen molar-refractivity contribution in [3.8, 4) is 5.75 Å². The Morgan fingerprint density at radius 1 is 1.24 bits per heavy atom. The molecule has 0 fully saturated rings. The lowest BCUT2D eigenvalue weighted by Crippen LogP contribution is -2.20. The molecular formula is C16H16FNO2S. The molecule has 2 rings (SSSR count). The Kier molecular flexibility index (Phi) is 5.22. The summed E-state index contributed by atoms with van der Waals surface area (Å²) in [6.07, 6.45) is 1.99. The second-order valence-electron chi connectivity index (χ2n) is 4.48. The topological polar surface area (TPSA) is 38.3 Å². The van der Waals surface area contributed by atoms with Crippen molar-refractivity contribution in [3.63, 3.8) is 0 Å². The van der Waals surface area contributed by atoms with Crippen LogP contribution in [0.4, 0.5) is 10.1 Å². The number of hydrogen-bond donors (Lipinski definition) is 1. The first kappa shape index (κ1) is 15.4. The molecule has 21 heavy (non-hydrogen) atoms. The number of benzene rings is 2.